The van der Waals surface area contributed by atoms with Gasteiger partial charge < -0.3 is 5.73 Å². The average molecular weight is 355 g/mol. The molecule has 20 heavy (non-hydrogen) atoms. The summed E-state index contributed by atoms with van der Waals surface area (Å²) in [5, 5.41) is 0. The fraction of sp³-hybridized carbons (Fsp3) is 0.143. The molecular weight excluding hydrogens is 340 g/mol. The number of nitrogens with one attached hydrogen (secondary N) is 1. The molecule has 0 aromatic heterocycles. The molecule has 0 saturated heterocycles. The molecule has 0 bridgehead atoms. The lowest BCUT2D eigenvalue weighted by molar-refractivity contribution is 0.601. The number of anilines is 2. The lowest BCUT2D eigenvalue weighted by atomic mass is 10.1. The molecule has 2 aromatic rings. The Kier molecular flexibility index (Phi) is 4.35. The van der Waals surface area contributed by atoms with Gasteiger partial charge in [-0.25, -0.2) is 8.42 Å². The van der Waals surface area contributed by atoms with Crippen molar-refractivity contribution in [2.75, 3.05) is 10.5 Å². The minimum atomic E-state index is -3.59. The minimum absolute atomic E-state index is 0.207. The van der Waals surface area contributed by atoms with E-state index in [4.69, 9.17) is 5.73 Å². The molecule has 0 amide bonds. The normalized spacial score (nSPS) is 11.3. The number of aryl methyl sites for hydroxylation is 1. The first-order valence-corrected chi connectivity index (χ1v) is 8.37. The van der Waals surface area contributed by atoms with Crippen LogP contribution in [0.25, 0.3) is 0 Å². The second-order valence-corrected chi connectivity index (χ2v) is 6.92. The van der Waals surface area contributed by atoms with Crippen LogP contribution in [0.5, 0.6) is 0 Å². The van der Waals surface area contributed by atoms with Gasteiger partial charge in [-0.1, -0.05) is 28.9 Å². The molecule has 106 valence electrons. The zero-order valence-electron chi connectivity index (χ0n) is 10.9. The smallest absolute Gasteiger partial charge is 0.261 e. The van der Waals surface area contributed by atoms with Crippen molar-refractivity contribution in [3.05, 3.63) is 52.5 Å². The van der Waals surface area contributed by atoms with E-state index in [-0.39, 0.29) is 4.90 Å². The third-order valence-electron chi connectivity index (χ3n) is 2.90. The van der Waals surface area contributed by atoms with Gasteiger partial charge in [0.05, 0.1) is 10.6 Å². The number of hydrogen-bond donors (Lipinski definition) is 2. The Labute approximate surface area is 127 Å². The van der Waals surface area contributed by atoms with E-state index < -0.39 is 10.0 Å². The van der Waals surface area contributed by atoms with Crippen molar-refractivity contribution in [3.63, 3.8) is 0 Å². The lowest BCUT2D eigenvalue weighted by Crippen LogP contribution is -2.13. The van der Waals surface area contributed by atoms with Crippen molar-refractivity contribution < 1.29 is 8.42 Å². The Morgan fingerprint density at radius 1 is 1.15 bits per heavy atom. The van der Waals surface area contributed by atoms with Crippen molar-refractivity contribution in [1.29, 1.82) is 0 Å². The van der Waals surface area contributed by atoms with Crippen molar-refractivity contribution in [2.24, 2.45) is 0 Å². The Morgan fingerprint density at radius 2 is 1.80 bits per heavy atom. The second-order valence-electron chi connectivity index (χ2n) is 4.33. The number of sulfonamides is 1. The van der Waals surface area contributed by atoms with Gasteiger partial charge in [0.15, 0.2) is 0 Å². The van der Waals surface area contributed by atoms with Crippen molar-refractivity contribution in [2.45, 2.75) is 18.2 Å². The van der Waals surface area contributed by atoms with E-state index >= 15 is 0 Å². The van der Waals surface area contributed by atoms with Crippen LogP contribution in [0.1, 0.15) is 12.5 Å². The predicted octanol–water partition coefficient (Wildman–Crippen LogP) is 3.39. The van der Waals surface area contributed by atoms with E-state index in [0.29, 0.717) is 11.4 Å². The van der Waals surface area contributed by atoms with Crippen LogP contribution in [0.15, 0.2) is 51.8 Å². The molecule has 0 aliphatic carbocycles. The summed E-state index contributed by atoms with van der Waals surface area (Å²) in [6.07, 6.45) is 0.811. The van der Waals surface area contributed by atoms with Crippen LogP contribution in [0.4, 0.5) is 11.4 Å². The summed E-state index contributed by atoms with van der Waals surface area (Å²) in [5.41, 5.74) is 7.91. The lowest BCUT2D eigenvalue weighted by Gasteiger charge is -2.10. The number of nitrogen functional groups attached to an aromatic ring is 1. The summed E-state index contributed by atoms with van der Waals surface area (Å²) in [6.45, 7) is 2.00. The van der Waals surface area contributed by atoms with Gasteiger partial charge in [-0.2, -0.15) is 0 Å². The van der Waals surface area contributed by atoms with Crippen molar-refractivity contribution in [3.8, 4) is 0 Å². The summed E-state index contributed by atoms with van der Waals surface area (Å²) in [5.74, 6) is 0. The molecule has 0 saturated carbocycles. The molecule has 0 radical (unpaired) electrons. The maximum Gasteiger partial charge on any atom is 0.261 e. The molecular formula is C14H15BrN2O2S. The molecule has 3 N–H and O–H groups in total. The Balaban J connectivity index is 2.28. The van der Waals surface area contributed by atoms with Crippen LogP contribution in [-0.4, -0.2) is 8.42 Å². The number of hydrogen-bond acceptors (Lipinski definition) is 3. The fourth-order valence-corrected chi connectivity index (χ4v) is 3.12. The predicted molar refractivity (Wildman–Crippen MR) is 85.2 cm³/mol. The van der Waals surface area contributed by atoms with Gasteiger partial charge in [0.2, 0.25) is 0 Å². The van der Waals surface area contributed by atoms with Gasteiger partial charge in [-0.15, -0.1) is 0 Å². The summed E-state index contributed by atoms with van der Waals surface area (Å²) < 4.78 is 27.8. The van der Waals surface area contributed by atoms with Crippen LogP contribution >= 0.6 is 15.9 Å². The van der Waals surface area contributed by atoms with E-state index in [1.165, 1.54) is 12.1 Å². The molecule has 0 aliphatic rings. The number of benzene rings is 2. The van der Waals surface area contributed by atoms with Crippen molar-refractivity contribution in [1.82, 2.24) is 0 Å². The molecule has 0 unspecified atom stereocenters. The SMILES string of the molecule is CCc1ccc(NS(=O)(=O)c2ccc(Br)cc2)cc1N. The highest BCUT2D eigenvalue weighted by Crippen LogP contribution is 2.22. The molecule has 0 atom stereocenters. The van der Waals surface area contributed by atoms with Crippen LogP contribution in [-0.2, 0) is 16.4 Å². The third kappa shape index (κ3) is 3.32. The van der Waals surface area contributed by atoms with Crippen LogP contribution in [0.2, 0.25) is 0 Å². The highest BCUT2D eigenvalue weighted by Gasteiger charge is 2.14. The highest BCUT2D eigenvalue weighted by atomic mass is 79.9. The summed E-state index contributed by atoms with van der Waals surface area (Å²) in [6, 6.07) is 11.6. The van der Waals surface area contributed by atoms with E-state index in [1.807, 2.05) is 13.0 Å². The molecule has 0 aliphatic heterocycles. The molecule has 0 spiro atoms. The van der Waals surface area contributed by atoms with Crippen LogP contribution in [0.3, 0.4) is 0 Å². The largest absolute Gasteiger partial charge is 0.398 e. The van der Waals surface area contributed by atoms with Gasteiger partial charge in [0.25, 0.3) is 10.0 Å². The molecule has 0 fully saturated rings. The number of nitrogens with two attached hydrogens (primary N) is 1. The Hall–Kier alpha value is -1.53. The van der Waals surface area contributed by atoms with Crippen LogP contribution < -0.4 is 10.5 Å². The van der Waals surface area contributed by atoms with E-state index in [1.54, 1.807) is 24.3 Å². The monoisotopic (exact) mass is 354 g/mol. The van der Waals surface area contributed by atoms with Gasteiger partial charge in [0.1, 0.15) is 0 Å². The van der Waals surface area contributed by atoms with Gasteiger partial charge in [-0.05, 0) is 48.4 Å². The average Bonchev–Trinajstić information content (AvgIpc) is 2.39. The summed E-state index contributed by atoms with van der Waals surface area (Å²) >= 11 is 3.27. The third-order valence-corrected chi connectivity index (χ3v) is 4.83. The van der Waals surface area contributed by atoms with E-state index in [2.05, 4.69) is 20.7 Å². The maximum atomic E-state index is 12.2. The standard InChI is InChI=1S/C14H15BrN2O2S/c1-2-10-3-6-12(9-14(10)16)17-20(18,19)13-7-4-11(15)5-8-13/h3-9,17H,2,16H2,1H3. The van der Waals surface area contributed by atoms with Crippen LogP contribution in [0, 0.1) is 0 Å². The molecule has 4 nitrogen and oxygen atoms in total. The maximum absolute atomic E-state index is 12.2. The van der Waals surface area contributed by atoms with Gasteiger partial charge in [0, 0.05) is 10.2 Å². The summed E-state index contributed by atoms with van der Waals surface area (Å²) in [4.78, 5) is 0.207. The van der Waals surface area contributed by atoms with E-state index in [9.17, 15) is 8.42 Å². The molecule has 2 rings (SSSR count). The zero-order chi connectivity index (χ0) is 14.8. The number of rotatable bonds is 4. The quantitative estimate of drug-likeness (QED) is 0.826. The van der Waals surface area contributed by atoms with Crippen molar-refractivity contribution >= 4 is 37.3 Å². The Bertz CT molecular complexity index is 712. The fourth-order valence-electron chi connectivity index (χ4n) is 1.81. The first-order chi connectivity index (χ1) is 9.42. The number of halogens is 1. The van der Waals surface area contributed by atoms with E-state index in [0.717, 1.165) is 16.5 Å². The topological polar surface area (TPSA) is 72.2 Å². The first kappa shape index (κ1) is 14.9. The molecule has 0 heterocycles. The second kappa shape index (κ2) is 5.85. The molecule has 2 aromatic carbocycles. The van der Waals surface area contributed by atoms with Gasteiger partial charge >= 0.3 is 0 Å². The minimum Gasteiger partial charge on any atom is -0.398 e. The molecule has 6 heteroatoms. The Morgan fingerprint density at radius 3 is 2.35 bits per heavy atom. The van der Waals surface area contributed by atoms with Gasteiger partial charge in [-0.3, -0.25) is 4.72 Å². The summed E-state index contributed by atoms with van der Waals surface area (Å²) in [7, 11) is -3.59. The highest BCUT2D eigenvalue weighted by molar-refractivity contribution is 9.10. The first-order valence-electron chi connectivity index (χ1n) is 6.09. The zero-order valence-corrected chi connectivity index (χ0v) is 13.3.